The number of aryl methyl sites for hydroxylation is 1. The summed E-state index contributed by atoms with van der Waals surface area (Å²) in [5.74, 6) is 0.913. The van der Waals surface area contributed by atoms with Gasteiger partial charge in [-0.3, -0.25) is 0 Å². The number of thiol groups is 1. The van der Waals surface area contributed by atoms with Crippen molar-refractivity contribution >= 4 is 12.6 Å². The van der Waals surface area contributed by atoms with Crippen molar-refractivity contribution in [3.05, 3.63) is 23.8 Å². The Morgan fingerprint density at radius 1 is 1.42 bits per heavy atom. The van der Waals surface area contributed by atoms with Crippen LogP contribution in [-0.4, -0.2) is 7.11 Å². The van der Waals surface area contributed by atoms with Crippen LogP contribution in [0.2, 0.25) is 0 Å². The zero-order chi connectivity index (χ0) is 8.97. The Kier molecular flexibility index (Phi) is 3.48. The third-order valence-electron chi connectivity index (χ3n) is 1.81. The summed E-state index contributed by atoms with van der Waals surface area (Å²) < 4.78 is 5.12. The van der Waals surface area contributed by atoms with Crippen LogP contribution >= 0.6 is 12.6 Å². The Hall–Kier alpha value is -0.630. The number of hydrogen-bond donors (Lipinski definition) is 1. The van der Waals surface area contributed by atoms with Crippen molar-refractivity contribution in [3.8, 4) is 5.75 Å². The van der Waals surface area contributed by atoms with Gasteiger partial charge in [0.1, 0.15) is 5.75 Å². The predicted molar refractivity (Wildman–Crippen MR) is 54.2 cm³/mol. The Morgan fingerprint density at radius 3 is 2.75 bits per heavy atom. The highest BCUT2D eigenvalue weighted by atomic mass is 32.1. The molecule has 12 heavy (non-hydrogen) atoms. The quantitative estimate of drug-likeness (QED) is 0.707. The number of hydrogen-bond acceptors (Lipinski definition) is 2. The van der Waals surface area contributed by atoms with E-state index in [-0.39, 0.29) is 0 Å². The maximum atomic E-state index is 5.12. The third kappa shape index (κ3) is 2.18. The minimum Gasteiger partial charge on any atom is -0.497 e. The molecule has 1 rings (SSSR count). The van der Waals surface area contributed by atoms with Crippen LogP contribution in [0.25, 0.3) is 0 Å². The molecule has 2 heteroatoms. The highest BCUT2D eigenvalue weighted by molar-refractivity contribution is 7.80. The number of rotatable bonds is 3. The standard InChI is InChI=1S/C10H14OS/c1-3-4-8-7-9(11-2)5-6-10(8)12/h5-7,12H,3-4H2,1-2H3. The lowest BCUT2D eigenvalue weighted by molar-refractivity contribution is 0.414. The molecule has 0 atom stereocenters. The fourth-order valence-corrected chi connectivity index (χ4v) is 1.41. The van der Waals surface area contributed by atoms with Crippen molar-refractivity contribution in [2.45, 2.75) is 24.7 Å². The molecule has 0 unspecified atom stereocenters. The van der Waals surface area contributed by atoms with Crippen LogP contribution < -0.4 is 4.74 Å². The largest absolute Gasteiger partial charge is 0.497 e. The lowest BCUT2D eigenvalue weighted by Gasteiger charge is -2.05. The van der Waals surface area contributed by atoms with Crippen LogP contribution in [0.15, 0.2) is 23.1 Å². The third-order valence-corrected chi connectivity index (χ3v) is 2.24. The topological polar surface area (TPSA) is 9.23 Å². The smallest absolute Gasteiger partial charge is 0.119 e. The average molecular weight is 182 g/mol. The first-order chi connectivity index (χ1) is 5.77. The number of ether oxygens (including phenoxy) is 1. The lowest BCUT2D eigenvalue weighted by Crippen LogP contribution is -1.88. The van der Waals surface area contributed by atoms with Crippen LogP contribution in [0.5, 0.6) is 5.75 Å². The normalized spacial score (nSPS) is 9.92. The molecule has 1 nitrogen and oxygen atoms in total. The molecule has 0 aromatic heterocycles. The van der Waals surface area contributed by atoms with Crippen molar-refractivity contribution in [2.24, 2.45) is 0 Å². The second-order valence-corrected chi connectivity index (χ2v) is 3.23. The second kappa shape index (κ2) is 4.41. The minimum absolute atomic E-state index is 0.913. The van der Waals surface area contributed by atoms with Gasteiger partial charge in [0.05, 0.1) is 7.11 Å². The molecule has 0 N–H and O–H groups in total. The van der Waals surface area contributed by atoms with Gasteiger partial charge < -0.3 is 4.74 Å². The number of methoxy groups -OCH3 is 1. The summed E-state index contributed by atoms with van der Waals surface area (Å²) in [6.07, 6.45) is 2.21. The molecular formula is C10H14OS. The molecule has 1 aromatic rings. The van der Waals surface area contributed by atoms with Gasteiger partial charge in [0.15, 0.2) is 0 Å². The molecule has 66 valence electrons. The maximum absolute atomic E-state index is 5.12. The Labute approximate surface area is 79.2 Å². The van der Waals surface area contributed by atoms with Crippen molar-refractivity contribution < 1.29 is 4.74 Å². The van der Waals surface area contributed by atoms with Gasteiger partial charge in [0.2, 0.25) is 0 Å². The molecule has 0 heterocycles. The zero-order valence-electron chi connectivity index (χ0n) is 7.50. The van der Waals surface area contributed by atoms with Crippen molar-refractivity contribution in [1.29, 1.82) is 0 Å². The van der Waals surface area contributed by atoms with E-state index >= 15 is 0 Å². The first kappa shape index (κ1) is 9.46. The Bertz CT molecular complexity index is 258. The SMILES string of the molecule is CCCc1cc(OC)ccc1S. The Balaban J connectivity index is 2.91. The van der Waals surface area contributed by atoms with E-state index in [2.05, 4.69) is 19.6 Å². The minimum atomic E-state index is 0.913. The van der Waals surface area contributed by atoms with E-state index < -0.39 is 0 Å². The molecule has 0 aliphatic rings. The molecule has 0 aliphatic carbocycles. The highest BCUT2D eigenvalue weighted by Gasteiger charge is 1.99. The first-order valence-corrected chi connectivity index (χ1v) is 4.58. The Morgan fingerprint density at radius 2 is 2.17 bits per heavy atom. The molecule has 0 spiro atoms. The van der Waals surface area contributed by atoms with Crippen LogP contribution in [0.4, 0.5) is 0 Å². The summed E-state index contributed by atoms with van der Waals surface area (Å²) in [7, 11) is 1.68. The first-order valence-electron chi connectivity index (χ1n) is 4.13. The molecule has 0 bridgehead atoms. The monoisotopic (exact) mass is 182 g/mol. The molecular weight excluding hydrogens is 168 g/mol. The summed E-state index contributed by atoms with van der Waals surface area (Å²) >= 11 is 4.36. The van der Waals surface area contributed by atoms with E-state index in [4.69, 9.17) is 4.74 Å². The molecule has 0 saturated heterocycles. The van der Waals surface area contributed by atoms with E-state index in [0.29, 0.717) is 0 Å². The van der Waals surface area contributed by atoms with Gasteiger partial charge >= 0.3 is 0 Å². The van der Waals surface area contributed by atoms with Crippen LogP contribution in [-0.2, 0) is 6.42 Å². The van der Waals surface area contributed by atoms with Gasteiger partial charge in [-0.15, -0.1) is 12.6 Å². The summed E-state index contributed by atoms with van der Waals surface area (Å²) in [6.45, 7) is 2.16. The molecule has 0 amide bonds. The molecule has 0 radical (unpaired) electrons. The van der Waals surface area contributed by atoms with Crippen molar-refractivity contribution in [1.82, 2.24) is 0 Å². The number of benzene rings is 1. The van der Waals surface area contributed by atoms with Crippen molar-refractivity contribution in [3.63, 3.8) is 0 Å². The van der Waals surface area contributed by atoms with E-state index in [0.717, 1.165) is 23.5 Å². The van der Waals surface area contributed by atoms with Gasteiger partial charge in [0.25, 0.3) is 0 Å². The summed E-state index contributed by atoms with van der Waals surface area (Å²) in [5.41, 5.74) is 1.26. The van der Waals surface area contributed by atoms with Crippen LogP contribution in [0.1, 0.15) is 18.9 Å². The van der Waals surface area contributed by atoms with E-state index in [1.54, 1.807) is 7.11 Å². The summed E-state index contributed by atoms with van der Waals surface area (Å²) in [5, 5.41) is 0. The van der Waals surface area contributed by atoms with E-state index in [9.17, 15) is 0 Å². The van der Waals surface area contributed by atoms with Gasteiger partial charge in [-0.25, -0.2) is 0 Å². The zero-order valence-corrected chi connectivity index (χ0v) is 8.40. The highest BCUT2D eigenvalue weighted by Crippen LogP contribution is 2.21. The lowest BCUT2D eigenvalue weighted by atomic mass is 10.1. The van der Waals surface area contributed by atoms with Crippen LogP contribution in [0.3, 0.4) is 0 Å². The summed E-state index contributed by atoms with van der Waals surface area (Å²) in [6, 6.07) is 5.96. The average Bonchev–Trinajstić information content (AvgIpc) is 2.09. The maximum Gasteiger partial charge on any atom is 0.119 e. The van der Waals surface area contributed by atoms with Gasteiger partial charge in [0, 0.05) is 4.90 Å². The molecule has 0 aliphatic heterocycles. The fraction of sp³-hybridized carbons (Fsp3) is 0.400. The fourth-order valence-electron chi connectivity index (χ4n) is 1.16. The van der Waals surface area contributed by atoms with Gasteiger partial charge in [-0.2, -0.15) is 0 Å². The molecule has 0 fully saturated rings. The van der Waals surface area contributed by atoms with Crippen LogP contribution in [0, 0.1) is 0 Å². The van der Waals surface area contributed by atoms with Gasteiger partial charge in [-0.05, 0) is 30.2 Å². The van der Waals surface area contributed by atoms with Gasteiger partial charge in [-0.1, -0.05) is 13.3 Å². The van der Waals surface area contributed by atoms with E-state index in [1.165, 1.54) is 5.56 Å². The molecule has 1 aromatic carbocycles. The molecule has 0 saturated carbocycles. The van der Waals surface area contributed by atoms with E-state index in [1.807, 2.05) is 18.2 Å². The van der Waals surface area contributed by atoms with Crippen molar-refractivity contribution in [2.75, 3.05) is 7.11 Å². The summed E-state index contributed by atoms with van der Waals surface area (Å²) in [4.78, 5) is 1.05. The second-order valence-electron chi connectivity index (χ2n) is 2.74. The predicted octanol–water partition coefficient (Wildman–Crippen LogP) is 2.94.